The molecule has 0 bridgehead atoms. The number of hydrogen-bond donors (Lipinski definition) is 1. The van der Waals surface area contributed by atoms with Crippen molar-refractivity contribution in [3.05, 3.63) is 71.0 Å². The van der Waals surface area contributed by atoms with Crippen molar-refractivity contribution in [2.75, 3.05) is 35.6 Å². The Bertz CT molecular complexity index is 1870. The molecule has 2 N–H and O–H groups in total. The number of aromatic nitrogens is 4. The van der Waals surface area contributed by atoms with Crippen LogP contribution in [-0.4, -0.2) is 54.2 Å². The van der Waals surface area contributed by atoms with Crippen LogP contribution in [-0.2, 0) is 16.4 Å². The Morgan fingerprint density at radius 2 is 1.88 bits per heavy atom. The molecular formula is C28H28ClN7O2S2. The molecule has 206 valence electrons. The van der Waals surface area contributed by atoms with Crippen molar-refractivity contribution >= 4 is 61.8 Å². The predicted molar refractivity (Wildman–Crippen MR) is 159 cm³/mol. The van der Waals surface area contributed by atoms with Crippen LogP contribution in [0.2, 0.25) is 5.02 Å². The summed E-state index contributed by atoms with van der Waals surface area (Å²) in [4.78, 5) is 17.9. The minimum Gasteiger partial charge on any atom is -0.355 e. The number of rotatable bonds is 5. The van der Waals surface area contributed by atoms with E-state index in [1.807, 2.05) is 18.3 Å². The molecule has 0 radical (unpaired) electrons. The zero-order chi connectivity index (χ0) is 27.8. The first-order chi connectivity index (χ1) is 19.2. The van der Waals surface area contributed by atoms with Crippen molar-refractivity contribution in [2.45, 2.75) is 35.1 Å². The lowest BCUT2D eigenvalue weighted by Crippen LogP contribution is -2.44. The number of piperidine rings is 1. The lowest BCUT2D eigenvalue weighted by molar-refractivity contribution is 0.187. The molecule has 12 heteroatoms. The lowest BCUT2D eigenvalue weighted by Gasteiger charge is -2.42. The molecule has 1 atom stereocenters. The Hall–Kier alpha value is -3.12. The summed E-state index contributed by atoms with van der Waals surface area (Å²) < 4.78 is 27.3. The molecule has 1 saturated heterocycles. The second kappa shape index (κ2) is 9.20. The Balaban J connectivity index is 1.16. The van der Waals surface area contributed by atoms with E-state index in [1.165, 1.54) is 29.9 Å². The minimum absolute atomic E-state index is 0.0765. The summed E-state index contributed by atoms with van der Waals surface area (Å²) in [6.07, 6.45) is 7.65. The summed E-state index contributed by atoms with van der Waals surface area (Å²) in [6, 6.07) is 14.4. The van der Waals surface area contributed by atoms with Crippen LogP contribution in [0.4, 0.5) is 11.6 Å². The smallest absolute Gasteiger partial charge is 0.233 e. The quantitative estimate of drug-likeness (QED) is 0.311. The largest absolute Gasteiger partial charge is 0.355 e. The Labute approximate surface area is 241 Å². The lowest BCUT2D eigenvalue weighted by atomic mass is 9.73. The van der Waals surface area contributed by atoms with E-state index >= 15 is 0 Å². The Kier molecular flexibility index (Phi) is 5.94. The van der Waals surface area contributed by atoms with Gasteiger partial charge in [0.05, 0.1) is 22.4 Å². The molecule has 5 heterocycles. The topological polar surface area (TPSA) is 110 Å². The van der Waals surface area contributed by atoms with Crippen molar-refractivity contribution in [3.63, 3.8) is 0 Å². The fourth-order valence-electron chi connectivity index (χ4n) is 6.24. The van der Waals surface area contributed by atoms with Gasteiger partial charge in [0, 0.05) is 37.3 Å². The molecule has 2 aliphatic rings. The number of halogens is 1. The number of nitrogens with zero attached hydrogens (tertiary/aromatic N) is 6. The zero-order valence-electron chi connectivity index (χ0n) is 22.1. The average molecular weight is 594 g/mol. The third-order valence-electron chi connectivity index (χ3n) is 8.55. The van der Waals surface area contributed by atoms with Gasteiger partial charge in [-0.3, -0.25) is 8.71 Å². The Morgan fingerprint density at radius 1 is 1.10 bits per heavy atom. The minimum atomic E-state index is -3.50. The molecule has 4 aromatic heterocycles. The normalized spacial score (nSPS) is 18.7. The number of pyridine rings is 2. The highest BCUT2D eigenvalue weighted by atomic mass is 35.5. The van der Waals surface area contributed by atoms with Gasteiger partial charge in [0.1, 0.15) is 11.2 Å². The van der Waals surface area contributed by atoms with Gasteiger partial charge < -0.3 is 10.6 Å². The number of fused-ring (bicyclic) bond motifs is 1. The Morgan fingerprint density at radius 3 is 2.62 bits per heavy atom. The first kappa shape index (κ1) is 25.8. The van der Waals surface area contributed by atoms with E-state index in [4.69, 9.17) is 27.3 Å². The van der Waals surface area contributed by atoms with Crippen LogP contribution in [0.15, 0.2) is 64.6 Å². The molecule has 1 aliphatic heterocycles. The molecule has 40 heavy (non-hydrogen) atoms. The number of imidazole rings is 2. The molecule has 5 aromatic rings. The molecule has 1 spiro atoms. The van der Waals surface area contributed by atoms with Crippen LogP contribution in [0, 0.1) is 5.41 Å². The van der Waals surface area contributed by atoms with Gasteiger partial charge in [-0.25, -0.2) is 23.4 Å². The molecule has 9 nitrogen and oxygen atoms in total. The molecule has 1 aromatic carbocycles. The molecule has 7 rings (SSSR count). The van der Waals surface area contributed by atoms with Gasteiger partial charge in [-0.1, -0.05) is 47.6 Å². The molecular weight excluding hydrogens is 566 g/mol. The van der Waals surface area contributed by atoms with Crippen LogP contribution >= 0.6 is 23.4 Å². The second-order valence-corrected chi connectivity index (χ2v) is 14.3. The van der Waals surface area contributed by atoms with Gasteiger partial charge in [0.25, 0.3) is 0 Å². The highest BCUT2D eigenvalue weighted by Gasteiger charge is 2.46. The van der Waals surface area contributed by atoms with Crippen molar-refractivity contribution in [1.29, 1.82) is 0 Å². The molecule has 0 unspecified atom stereocenters. The number of benzene rings is 1. The number of sulfonamides is 1. The fraction of sp³-hybridized carbons (Fsp3) is 0.321. The van der Waals surface area contributed by atoms with Gasteiger partial charge in [-0.15, -0.1) is 0 Å². The van der Waals surface area contributed by atoms with E-state index in [0.29, 0.717) is 4.90 Å². The summed E-state index contributed by atoms with van der Waals surface area (Å²) in [5.41, 5.74) is 12.2. The summed E-state index contributed by atoms with van der Waals surface area (Å²) in [6.45, 7) is 1.79. The van der Waals surface area contributed by atoms with E-state index < -0.39 is 10.0 Å². The maximum Gasteiger partial charge on any atom is 0.233 e. The zero-order valence-corrected chi connectivity index (χ0v) is 24.5. The SMILES string of the molecule is CN(c1nccc(Sc2ccc3nc(N4CCC5(CC4)Cc4ccccc4[C@H]5N)c4cnc2n34)c1Cl)S(C)(=O)=O. The van der Waals surface area contributed by atoms with Gasteiger partial charge in [0.15, 0.2) is 17.3 Å². The highest BCUT2D eigenvalue weighted by molar-refractivity contribution is 7.99. The maximum absolute atomic E-state index is 12.1. The third-order valence-corrected chi connectivity index (χ3v) is 11.3. The molecule has 1 aliphatic carbocycles. The highest BCUT2D eigenvalue weighted by Crippen LogP contribution is 2.51. The van der Waals surface area contributed by atoms with E-state index in [2.05, 4.69) is 38.6 Å². The van der Waals surface area contributed by atoms with E-state index in [-0.39, 0.29) is 22.3 Å². The number of nitrogens with two attached hydrogens (primary N) is 1. The summed E-state index contributed by atoms with van der Waals surface area (Å²) in [5.74, 6) is 1.14. The van der Waals surface area contributed by atoms with Gasteiger partial charge in [-0.2, -0.15) is 0 Å². The number of anilines is 2. The van der Waals surface area contributed by atoms with Crippen LogP contribution in [0.25, 0.3) is 16.8 Å². The average Bonchev–Trinajstić information content (AvgIpc) is 3.61. The summed E-state index contributed by atoms with van der Waals surface area (Å²) >= 11 is 8.04. The first-order valence-electron chi connectivity index (χ1n) is 13.1. The maximum atomic E-state index is 12.1. The fourth-order valence-corrected chi connectivity index (χ4v) is 8.01. The van der Waals surface area contributed by atoms with Crippen molar-refractivity contribution in [2.24, 2.45) is 11.1 Å². The second-order valence-electron chi connectivity index (χ2n) is 10.8. The number of hydrogen-bond acceptors (Lipinski definition) is 8. The standard InChI is InChI=1S/C28H28ClN7O2S2/c1-34(40(2,37)38)27-23(29)20(9-12-31-27)39-21-7-8-22-33-25(19-16-32-26(21)36(19)22)35-13-10-28(11-14-35)15-17-5-3-4-6-18(17)24(28)30/h3-9,12,16,24H,10-11,13-15,30H2,1-2H3/t24-/m1/s1. The summed E-state index contributed by atoms with van der Waals surface area (Å²) in [7, 11) is -2.06. The van der Waals surface area contributed by atoms with Crippen molar-refractivity contribution in [3.8, 4) is 0 Å². The third kappa shape index (κ3) is 3.93. The first-order valence-corrected chi connectivity index (χ1v) is 16.1. The molecule has 0 saturated carbocycles. The van der Waals surface area contributed by atoms with Crippen molar-refractivity contribution in [1.82, 2.24) is 19.4 Å². The van der Waals surface area contributed by atoms with Gasteiger partial charge >= 0.3 is 0 Å². The van der Waals surface area contributed by atoms with E-state index in [0.717, 1.165) is 70.4 Å². The van der Waals surface area contributed by atoms with Crippen LogP contribution < -0.4 is 14.9 Å². The summed E-state index contributed by atoms with van der Waals surface area (Å²) in [5, 5.41) is 0.274. The predicted octanol–water partition coefficient (Wildman–Crippen LogP) is 4.76. The molecule has 1 fully saturated rings. The van der Waals surface area contributed by atoms with Crippen LogP contribution in [0.5, 0.6) is 0 Å². The van der Waals surface area contributed by atoms with E-state index in [9.17, 15) is 8.42 Å². The molecule has 0 amide bonds. The van der Waals surface area contributed by atoms with Gasteiger partial charge in [-0.05, 0) is 54.0 Å². The van der Waals surface area contributed by atoms with Crippen LogP contribution in [0.3, 0.4) is 0 Å². The van der Waals surface area contributed by atoms with Gasteiger partial charge in [0.2, 0.25) is 10.0 Å². The van der Waals surface area contributed by atoms with Crippen LogP contribution in [0.1, 0.15) is 30.0 Å². The van der Waals surface area contributed by atoms with E-state index in [1.54, 1.807) is 12.3 Å². The monoisotopic (exact) mass is 593 g/mol. The van der Waals surface area contributed by atoms with Crippen molar-refractivity contribution < 1.29 is 8.42 Å².